The first-order valence-electron chi connectivity index (χ1n) is 14.8. The molecule has 0 bridgehead atoms. The van der Waals surface area contributed by atoms with Crippen LogP contribution in [-0.2, 0) is 18.2 Å². The van der Waals surface area contributed by atoms with Crippen LogP contribution in [0.1, 0.15) is 36.6 Å². The van der Waals surface area contributed by atoms with E-state index in [1.807, 2.05) is 37.2 Å². The molecular formula is C34H34N6O5. The van der Waals surface area contributed by atoms with E-state index in [-0.39, 0.29) is 23.1 Å². The molecule has 2 amide bonds. The van der Waals surface area contributed by atoms with Crippen molar-refractivity contribution in [2.75, 3.05) is 62.1 Å². The molecule has 0 spiro atoms. The molecule has 2 aromatic carbocycles. The molecule has 6 rings (SSSR count). The lowest BCUT2D eigenvalue weighted by Gasteiger charge is -2.31. The van der Waals surface area contributed by atoms with Crippen molar-refractivity contribution in [2.24, 2.45) is 7.05 Å². The fourth-order valence-corrected chi connectivity index (χ4v) is 5.78. The number of anilines is 4. The molecule has 1 fully saturated rings. The van der Waals surface area contributed by atoms with Crippen LogP contribution < -0.4 is 20.7 Å². The molecular weight excluding hydrogens is 572 g/mol. The minimum Gasteiger partial charge on any atom is -0.378 e. The molecule has 0 aliphatic carbocycles. The summed E-state index contributed by atoms with van der Waals surface area (Å²) in [4.78, 5) is 61.9. The van der Waals surface area contributed by atoms with Crippen LogP contribution in [0.5, 0.6) is 0 Å². The third-order valence-electron chi connectivity index (χ3n) is 8.24. The average molecular weight is 607 g/mol. The van der Waals surface area contributed by atoms with Crippen LogP contribution in [0.3, 0.4) is 0 Å². The van der Waals surface area contributed by atoms with Gasteiger partial charge in [-0.05, 0) is 60.0 Å². The summed E-state index contributed by atoms with van der Waals surface area (Å²) < 4.78 is 6.75. The number of nitrogens with zero attached hydrogens (tertiary/aromatic N) is 5. The van der Waals surface area contributed by atoms with Gasteiger partial charge in [0.05, 0.1) is 24.5 Å². The minimum absolute atomic E-state index is 0.120. The van der Waals surface area contributed by atoms with E-state index in [0.29, 0.717) is 78.6 Å². The summed E-state index contributed by atoms with van der Waals surface area (Å²) >= 11 is 0. The number of rotatable bonds is 7. The topological polar surface area (TPSA) is 117 Å². The first-order chi connectivity index (χ1) is 21.7. The third kappa shape index (κ3) is 5.82. The van der Waals surface area contributed by atoms with Gasteiger partial charge in [-0.3, -0.25) is 19.2 Å². The van der Waals surface area contributed by atoms with E-state index in [2.05, 4.69) is 10.3 Å². The summed E-state index contributed by atoms with van der Waals surface area (Å²) in [5, 5.41) is 3.07. The second-order valence-corrected chi connectivity index (χ2v) is 11.3. The zero-order valence-corrected chi connectivity index (χ0v) is 25.4. The van der Waals surface area contributed by atoms with Gasteiger partial charge < -0.3 is 29.3 Å². The highest BCUT2D eigenvalue weighted by Crippen LogP contribution is 2.34. The quantitative estimate of drug-likeness (QED) is 0.316. The Balaban J connectivity index is 1.29. The Hall–Kier alpha value is -5.29. The number of aldehydes is 1. The van der Waals surface area contributed by atoms with Gasteiger partial charge in [0.1, 0.15) is 11.5 Å². The van der Waals surface area contributed by atoms with E-state index in [4.69, 9.17) is 4.74 Å². The highest BCUT2D eigenvalue weighted by molar-refractivity contribution is 6.11. The SMILES string of the molecule is CN(C)c1ccc2c(c1)CCN(c1cccc(-c3cc(Nc4ccc(C(=O)N5CCOCC5)cn4)c(=O)n(C)c3)c1C=O)C2=O. The fourth-order valence-electron chi connectivity index (χ4n) is 5.78. The maximum absolute atomic E-state index is 13.6. The first kappa shape index (κ1) is 29.8. The van der Waals surface area contributed by atoms with Crippen molar-refractivity contribution < 1.29 is 19.1 Å². The Morgan fingerprint density at radius 3 is 2.51 bits per heavy atom. The van der Waals surface area contributed by atoms with Crippen molar-refractivity contribution in [3.8, 4) is 11.1 Å². The summed E-state index contributed by atoms with van der Waals surface area (Å²) in [7, 11) is 5.55. The second-order valence-electron chi connectivity index (χ2n) is 11.3. The molecule has 0 radical (unpaired) electrons. The predicted molar refractivity (Wildman–Crippen MR) is 173 cm³/mol. The minimum atomic E-state index is -0.294. The summed E-state index contributed by atoms with van der Waals surface area (Å²) in [5.41, 5.74) is 5.09. The molecule has 11 nitrogen and oxygen atoms in total. The van der Waals surface area contributed by atoms with Crippen LogP contribution in [0.25, 0.3) is 11.1 Å². The molecule has 2 aliphatic rings. The van der Waals surface area contributed by atoms with Gasteiger partial charge in [-0.15, -0.1) is 0 Å². The number of carbonyl (C=O) groups excluding carboxylic acids is 3. The molecule has 45 heavy (non-hydrogen) atoms. The van der Waals surface area contributed by atoms with E-state index in [9.17, 15) is 19.2 Å². The molecule has 1 saturated heterocycles. The second kappa shape index (κ2) is 12.4. The standard InChI is InChI=1S/C34H34N6O5/c1-37(2)25-8-9-27-22(17-25)11-12-40(33(27)43)30-6-4-5-26(28(30)21-41)24-18-29(34(44)38(3)20-24)36-31-10-7-23(19-35-31)32(42)39-13-15-45-16-14-39/h4-10,17-21H,11-16H2,1-3H3,(H,35,36). The van der Waals surface area contributed by atoms with Crippen LogP contribution in [-0.4, -0.2) is 79.5 Å². The predicted octanol–water partition coefficient (Wildman–Crippen LogP) is 3.74. The third-order valence-corrected chi connectivity index (χ3v) is 8.24. The summed E-state index contributed by atoms with van der Waals surface area (Å²) in [6.45, 7) is 2.51. The molecule has 2 aliphatic heterocycles. The van der Waals surface area contributed by atoms with Crippen molar-refractivity contribution in [2.45, 2.75) is 6.42 Å². The number of hydrogen-bond donors (Lipinski definition) is 1. The van der Waals surface area contributed by atoms with Crippen molar-refractivity contribution in [1.82, 2.24) is 14.5 Å². The van der Waals surface area contributed by atoms with Gasteiger partial charge in [0.2, 0.25) is 0 Å². The van der Waals surface area contributed by atoms with E-state index >= 15 is 0 Å². The Labute approximate surface area is 260 Å². The first-order valence-corrected chi connectivity index (χ1v) is 14.8. The Morgan fingerprint density at radius 1 is 1.00 bits per heavy atom. The monoisotopic (exact) mass is 606 g/mol. The van der Waals surface area contributed by atoms with Crippen LogP contribution in [0.15, 0.2) is 71.8 Å². The number of amides is 2. The van der Waals surface area contributed by atoms with Gasteiger partial charge in [0.25, 0.3) is 17.4 Å². The number of nitrogens with one attached hydrogen (secondary N) is 1. The van der Waals surface area contributed by atoms with Gasteiger partial charge in [-0.1, -0.05) is 12.1 Å². The lowest BCUT2D eigenvalue weighted by Crippen LogP contribution is -2.40. The highest BCUT2D eigenvalue weighted by atomic mass is 16.5. The van der Waals surface area contributed by atoms with E-state index < -0.39 is 0 Å². The molecule has 4 aromatic rings. The number of fused-ring (bicyclic) bond motifs is 1. The zero-order chi connectivity index (χ0) is 31.7. The maximum atomic E-state index is 13.6. The zero-order valence-electron chi connectivity index (χ0n) is 25.4. The fraction of sp³-hybridized carbons (Fsp3) is 0.265. The van der Waals surface area contributed by atoms with E-state index in [1.165, 1.54) is 10.8 Å². The molecule has 4 heterocycles. The molecule has 0 saturated carbocycles. The van der Waals surface area contributed by atoms with Gasteiger partial charge in [-0.2, -0.15) is 0 Å². The smallest absolute Gasteiger partial charge is 0.274 e. The lowest BCUT2D eigenvalue weighted by atomic mass is 9.95. The van der Waals surface area contributed by atoms with Gasteiger partial charge >= 0.3 is 0 Å². The van der Waals surface area contributed by atoms with Crippen LogP contribution in [0.4, 0.5) is 22.9 Å². The summed E-state index contributed by atoms with van der Waals surface area (Å²) in [6.07, 6.45) is 4.56. The number of morpholine rings is 1. The van der Waals surface area contributed by atoms with Crippen molar-refractivity contribution in [1.29, 1.82) is 0 Å². The van der Waals surface area contributed by atoms with Gasteiger partial charge in [0.15, 0.2) is 6.29 Å². The average Bonchev–Trinajstić information content (AvgIpc) is 3.06. The number of pyridine rings is 2. The van der Waals surface area contributed by atoms with E-state index in [1.54, 1.807) is 59.4 Å². The Bertz CT molecular complexity index is 1840. The molecule has 0 unspecified atom stereocenters. The molecule has 230 valence electrons. The number of aryl methyl sites for hydroxylation is 1. The van der Waals surface area contributed by atoms with Crippen LogP contribution >= 0.6 is 0 Å². The summed E-state index contributed by atoms with van der Waals surface area (Å²) in [6, 6.07) is 16.2. The number of ether oxygens (including phenoxy) is 1. The van der Waals surface area contributed by atoms with Crippen molar-refractivity contribution in [3.63, 3.8) is 0 Å². The van der Waals surface area contributed by atoms with Gasteiger partial charge in [0, 0.05) is 75.5 Å². The largest absolute Gasteiger partial charge is 0.378 e. The molecule has 0 atom stereocenters. The van der Waals surface area contributed by atoms with Crippen LogP contribution in [0.2, 0.25) is 0 Å². The normalized spacial score (nSPS) is 14.6. The van der Waals surface area contributed by atoms with Crippen molar-refractivity contribution >= 4 is 41.0 Å². The van der Waals surface area contributed by atoms with E-state index in [0.717, 1.165) is 17.5 Å². The molecule has 11 heteroatoms. The van der Waals surface area contributed by atoms with Crippen molar-refractivity contribution in [3.05, 3.63) is 99.6 Å². The summed E-state index contributed by atoms with van der Waals surface area (Å²) in [5.74, 6) is 0.110. The molecule has 1 N–H and O–H groups in total. The number of benzene rings is 2. The molecule has 2 aromatic heterocycles. The number of carbonyl (C=O) groups is 3. The maximum Gasteiger partial charge on any atom is 0.274 e. The Morgan fingerprint density at radius 2 is 1.80 bits per heavy atom. The lowest BCUT2D eigenvalue weighted by molar-refractivity contribution is 0.0302. The van der Waals surface area contributed by atoms with Crippen LogP contribution in [0, 0.1) is 0 Å². The highest BCUT2D eigenvalue weighted by Gasteiger charge is 2.28. The van der Waals surface area contributed by atoms with Gasteiger partial charge in [-0.25, -0.2) is 4.98 Å². The number of aromatic nitrogens is 2. The number of hydrogen-bond acceptors (Lipinski definition) is 8. The Kier molecular flexibility index (Phi) is 8.18.